The molecule has 0 bridgehead atoms. The van der Waals surface area contributed by atoms with Gasteiger partial charge in [-0.3, -0.25) is 4.79 Å². The zero-order chi connectivity index (χ0) is 18.1. The van der Waals surface area contributed by atoms with Crippen LogP contribution in [0, 0.1) is 12.8 Å². The van der Waals surface area contributed by atoms with E-state index in [1.807, 2.05) is 36.1 Å². The number of carbonyl (C=O) groups is 1. The molecule has 4 rings (SSSR count). The molecular weight excluding hydrogens is 437 g/mol. The predicted molar refractivity (Wildman–Crippen MR) is 121 cm³/mol. The van der Waals surface area contributed by atoms with Crippen LogP contribution >= 0.6 is 47.8 Å². The summed E-state index contributed by atoms with van der Waals surface area (Å²) < 4.78 is 0. The van der Waals surface area contributed by atoms with Crippen molar-refractivity contribution in [3.05, 3.63) is 39.9 Å². The lowest BCUT2D eigenvalue weighted by molar-refractivity contribution is 0.0709. The van der Waals surface area contributed by atoms with Crippen LogP contribution in [0.5, 0.6) is 0 Å². The Balaban J connectivity index is 0.00000140. The van der Waals surface area contributed by atoms with Crippen LogP contribution in [-0.2, 0) is 0 Å². The Bertz CT molecular complexity index is 784. The summed E-state index contributed by atoms with van der Waals surface area (Å²) in [5.74, 6) is 1.03. The molecule has 1 aliphatic heterocycles. The quantitative estimate of drug-likeness (QED) is 0.662. The van der Waals surface area contributed by atoms with Crippen molar-refractivity contribution in [3.63, 3.8) is 0 Å². The number of hydrogen-bond acceptors (Lipinski definition) is 4. The van der Waals surface area contributed by atoms with Gasteiger partial charge in [0.25, 0.3) is 5.91 Å². The highest BCUT2D eigenvalue weighted by Crippen LogP contribution is 2.31. The zero-order valence-electron chi connectivity index (χ0n) is 15.8. The lowest BCUT2D eigenvalue weighted by Gasteiger charge is -2.32. The Hall–Kier alpha value is -0.850. The topological polar surface area (TPSA) is 45.2 Å². The molecule has 2 heterocycles. The molecule has 0 unspecified atom stereocenters. The second kappa shape index (κ2) is 10.3. The SMILES string of the molecule is Cc1nc(-c2ccc(Cl)cc2)sc1C(=O)N1CCC(NCC2CC2)CC1.Cl.Cl. The van der Waals surface area contributed by atoms with E-state index in [-0.39, 0.29) is 30.7 Å². The minimum Gasteiger partial charge on any atom is -0.338 e. The van der Waals surface area contributed by atoms with Crippen molar-refractivity contribution in [3.8, 4) is 10.6 Å². The van der Waals surface area contributed by atoms with Crippen molar-refractivity contribution in [2.24, 2.45) is 5.92 Å². The number of amides is 1. The van der Waals surface area contributed by atoms with Crippen LogP contribution in [-0.4, -0.2) is 41.5 Å². The first-order chi connectivity index (χ1) is 12.6. The van der Waals surface area contributed by atoms with E-state index in [0.29, 0.717) is 11.1 Å². The molecule has 0 spiro atoms. The van der Waals surface area contributed by atoms with Gasteiger partial charge >= 0.3 is 0 Å². The first kappa shape index (κ1) is 23.4. The zero-order valence-corrected chi connectivity index (χ0v) is 19.0. The molecule has 4 nitrogen and oxygen atoms in total. The van der Waals surface area contributed by atoms with Crippen molar-refractivity contribution >= 4 is 53.7 Å². The number of benzene rings is 1. The number of aromatic nitrogens is 1. The molecule has 0 radical (unpaired) electrons. The predicted octanol–water partition coefficient (Wildman–Crippen LogP) is 5.22. The van der Waals surface area contributed by atoms with Crippen molar-refractivity contribution in [2.45, 2.75) is 38.6 Å². The van der Waals surface area contributed by atoms with Crippen LogP contribution in [0.25, 0.3) is 10.6 Å². The summed E-state index contributed by atoms with van der Waals surface area (Å²) in [5, 5.41) is 5.25. The van der Waals surface area contributed by atoms with Crippen molar-refractivity contribution < 1.29 is 4.79 Å². The standard InChI is InChI=1S/C20H24ClN3OS.2ClH/c1-13-18(26-19(23-13)15-4-6-16(21)7-5-15)20(25)24-10-8-17(9-11-24)22-12-14-2-3-14;;/h4-7,14,17,22H,2-3,8-12H2,1H3;2*1H. The van der Waals surface area contributed by atoms with Gasteiger partial charge < -0.3 is 10.2 Å². The molecule has 1 saturated heterocycles. The van der Waals surface area contributed by atoms with E-state index in [0.717, 1.165) is 59.5 Å². The molecule has 1 N–H and O–H groups in total. The van der Waals surface area contributed by atoms with Crippen molar-refractivity contribution in [1.29, 1.82) is 0 Å². The first-order valence-corrected chi connectivity index (χ1v) is 10.6. The molecule has 2 aliphatic rings. The molecule has 1 saturated carbocycles. The number of aryl methyl sites for hydroxylation is 1. The summed E-state index contributed by atoms with van der Waals surface area (Å²) in [4.78, 5) is 20.3. The largest absolute Gasteiger partial charge is 0.338 e. The molecule has 1 aliphatic carbocycles. The molecular formula is C20H26Cl3N3OS. The maximum absolute atomic E-state index is 13.0. The van der Waals surface area contributed by atoms with E-state index in [9.17, 15) is 4.79 Å². The smallest absolute Gasteiger partial charge is 0.265 e. The lowest BCUT2D eigenvalue weighted by Crippen LogP contribution is -2.45. The van der Waals surface area contributed by atoms with E-state index in [2.05, 4.69) is 10.3 Å². The maximum Gasteiger partial charge on any atom is 0.265 e. The average Bonchev–Trinajstić information content (AvgIpc) is 3.41. The van der Waals surface area contributed by atoms with Gasteiger partial charge in [-0.1, -0.05) is 23.7 Å². The maximum atomic E-state index is 13.0. The summed E-state index contributed by atoms with van der Waals surface area (Å²) in [6.45, 7) is 4.73. The summed E-state index contributed by atoms with van der Waals surface area (Å²) in [6.07, 6.45) is 4.84. The summed E-state index contributed by atoms with van der Waals surface area (Å²) >= 11 is 7.44. The van der Waals surface area contributed by atoms with Crippen LogP contribution in [0.4, 0.5) is 0 Å². The number of likely N-dealkylation sites (tertiary alicyclic amines) is 1. The number of nitrogens with zero attached hydrogens (tertiary/aromatic N) is 2. The van der Waals surface area contributed by atoms with Gasteiger partial charge in [0, 0.05) is 29.7 Å². The van der Waals surface area contributed by atoms with E-state index in [4.69, 9.17) is 11.6 Å². The van der Waals surface area contributed by atoms with Gasteiger partial charge in [-0.2, -0.15) is 0 Å². The van der Waals surface area contributed by atoms with E-state index >= 15 is 0 Å². The minimum absolute atomic E-state index is 0. The lowest BCUT2D eigenvalue weighted by atomic mass is 10.0. The molecule has 1 amide bonds. The monoisotopic (exact) mass is 461 g/mol. The Morgan fingerprint density at radius 2 is 1.82 bits per heavy atom. The molecule has 154 valence electrons. The molecule has 2 aromatic rings. The third kappa shape index (κ3) is 5.61. The Kier molecular flexibility index (Phi) is 8.59. The number of hydrogen-bond donors (Lipinski definition) is 1. The third-order valence-corrected chi connectivity index (χ3v) is 6.70. The molecule has 1 aromatic heterocycles. The number of thiazole rings is 1. The van der Waals surface area contributed by atoms with E-state index < -0.39 is 0 Å². The van der Waals surface area contributed by atoms with E-state index in [1.165, 1.54) is 24.2 Å². The summed E-state index contributed by atoms with van der Waals surface area (Å²) in [7, 11) is 0. The highest BCUT2D eigenvalue weighted by Gasteiger charge is 2.28. The molecule has 8 heteroatoms. The number of rotatable bonds is 5. The molecule has 1 aromatic carbocycles. The van der Waals surface area contributed by atoms with Gasteiger partial charge in [0.1, 0.15) is 9.88 Å². The second-order valence-corrected chi connectivity index (χ2v) is 8.79. The highest BCUT2D eigenvalue weighted by molar-refractivity contribution is 7.17. The fourth-order valence-corrected chi connectivity index (χ4v) is 4.56. The van der Waals surface area contributed by atoms with Crippen LogP contribution in [0.1, 0.15) is 41.0 Å². The van der Waals surface area contributed by atoms with Gasteiger partial charge in [0.05, 0.1) is 5.69 Å². The Morgan fingerprint density at radius 1 is 1.18 bits per heavy atom. The number of halogens is 3. The first-order valence-electron chi connectivity index (χ1n) is 9.36. The van der Waals surface area contributed by atoms with Crippen molar-refractivity contribution in [1.82, 2.24) is 15.2 Å². The summed E-state index contributed by atoms with van der Waals surface area (Å²) in [6, 6.07) is 8.17. The number of carbonyl (C=O) groups excluding carboxylic acids is 1. The van der Waals surface area contributed by atoms with Crippen LogP contribution in [0.2, 0.25) is 5.02 Å². The Morgan fingerprint density at radius 3 is 2.43 bits per heavy atom. The second-order valence-electron chi connectivity index (χ2n) is 7.36. The number of piperidine rings is 1. The Labute approximate surface area is 187 Å². The molecule has 2 fully saturated rings. The van der Waals surface area contributed by atoms with Gasteiger partial charge in [0.15, 0.2) is 0 Å². The van der Waals surface area contributed by atoms with Gasteiger partial charge in [0.2, 0.25) is 0 Å². The molecule has 0 atom stereocenters. The van der Waals surface area contributed by atoms with Gasteiger partial charge in [-0.15, -0.1) is 36.2 Å². The molecule has 28 heavy (non-hydrogen) atoms. The van der Waals surface area contributed by atoms with Gasteiger partial charge in [-0.25, -0.2) is 4.98 Å². The highest BCUT2D eigenvalue weighted by atomic mass is 35.5. The number of nitrogens with one attached hydrogen (secondary N) is 1. The van der Waals surface area contributed by atoms with Crippen LogP contribution in [0.3, 0.4) is 0 Å². The fourth-order valence-electron chi connectivity index (χ4n) is 3.40. The van der Waals surface area contributed by atoms with Crippen LogP contribution < -0.4 is 5.32 Å². The fraction of sp³-hybridized carbons (Fsp3) is 0.500. The third-order valence-electron chi connectivity index (χ3n) is 5.26. The average molecular weight is 463 g/mol. The van der Waals surface area contributed by atoms with Gasteiger partial charge in [-0.05, 0) is 57.2 Å². The normalized spacial score (nSPS) is 17.0. The van der Waals surface area contributed by atoms with Crippen LogP contribution in [0.15, 0.2) is 24.3 Å². The summed E-state index contributed by atoms with van der Waals surface area (Å²) in [5.41, 5.74) is 1.82. The van der Waals surface area contributed by atoms with Crippen molar-refractivity contribution in [2.75, 3.05) is 19.6 Å². The van der Waals surface area contributed by atoms with E-state index in [1.54, 1.807) is 0 Å². The minimum atomic E-state index is 0.